The van der Waals surface area contributed by atoms with Gasteiger partial charge in [0.15, 0.2) is 17.2 Å². The fourth-order valence-corrected chi connectivity index (χ4v) is 9.66. The maximum absolute atomic E-state index is 14.2. The quantitative estimate of drug-likeness (QED) is 0.495. The molecule has 1 aliphatic heterocycles. The first-order valence-electron chi connectivity index (χ1n) is 13.7. The van der Waals surface area contributed by atoms with E-state index in [2.05, 4.69) is 19.9 Å². The Morgan fingerprint density at radius 1 is 1.19 bits per heavy atom. The van der Waals surface area contributed by atoms with Crippen molar-refractivity contribution in [3.05, 3.63) is 23.8 Å². The van der Waals surface area contributed by atoms with Crippen molar-refractivity contribution in [1.29, 1.82) is 0 Å². The monoisotopic (exact) mass is 530 g/mol. The van der Waals surface area contributed by atoms with E-state index in [9.17, 15) is 24.3 Å². The number of fused-ring (bicyclic) bond motifs is 5. The zero-order valence-electron chi connectivity index (χ0n) is 22.0. The third-order valence-electron chi connectivity index (χ3n) is 10.4. The number of carbonyl (C=O) groups is 4. The Hall–Kier alpha value is -1.93. The van der Waals surface area contributed by atoms with Crippen molar-refractivity contribution in [3.63, 3.8) is 0 Å². The lowest BCUT2D eigenvalue weighted by Gasteiger charge is -2.58. The standard InChI is InChI=1S/C29H38O7S/c1-17-14-22-20-5-4-18-15-19(31)6-10-27(18,2)21(20)7-11-28(22,3)29(17,36-25(33)8-12-30)24(32)16-37-23-9-13-35-26(23)34/h6,10,15,17,20-23,30H,4-5,7-9,11-14,16H2,1-3H3/t17-,20+,21-,22-,23?,27-,28-,29-/m0/s1. The summed E-state index contributed by atoms with van der Waals surface area (Å²) in [7, 11) is 0. The molecule has 0 radical (unpaired) electrons. The lowest BCUT2D eigenvalue weighted by molar-refractivity contribution is -0.194. The van der Waals surface area contributed by atoms with Crippen molar-refractivity contribution in [2.75, 3.05) is 19.0 Å². The molecule has 5 aliphatic rings. The first-order valence-corrected chi connectivity index (χ1v) is 14.7. The Labute approximate surface area is 222 Å². The number of cyclic esters (lactones) is 1. The van der Waals surface area contributed by atoms with Crippen LogP contribution in [0.25, 0.3) is 0 Å². The van der Waals surface area contributed by atoms with E-state index >= 15 is 0 Å². The summed E-state index contributed by atoms with van der Waals surface area (Å²) in [6, 6.07) is 0. The number of Topliss-reactive ketones (excluding diaryl/α,β-unsaturated/α-hetero) is 1. The number of esters is 2. The van der Waals surface area contributed by atoms with E-state index in [-0.39, 0.29) is 58.8 Å². The minimum atomic E-state index is -1.29. The molecule has 1 N–H and O–H groups in total. The Kier molecular flexibility index (Phi) is 6.97. The molecule has 3 saturated carbocycles. The van der Waals surface area contributed by atoms with Crippen molar-refractivity contribution in [2.24, 2.45) is 34.5 Å². The van der Waals surface area contributed by atoms with Crippen molar-refractivity contribution in [1.82, 2.24) is 0 Å². The first kappa shape index (κ1) is 26.7. The number of rotatable bonds is 7. The zero-order chi connectivity index (χ0) is 26.6. The van der Waals surface area contributed by atoms with Gasteiger partial charge in [-0.05, 0) is 62.0 Å². The second-order valence-electron chi connectivity index (χ2n) is 12.1. The molecule has 1 heterocycles. The normalized spacial score (nSPS) is 42.4. The molecule has 0 aromatic carbocycles. The summed E-state index contributed by atoms with van der Waals surface area (Å²) < 4.78 is 11.3. The van der Waals surface area contributed by atoms with Gasteiger partial charge in [0.2, 0.25) is 0 Å². The molecule has 0 aromatic heterocycles. The molecule has 202 valence electrons. The second kappa shape index (κ2) is 9.67. The van der Waals surface area contributed by atoms with E-state index in [1.54, 1.807) is 6.08 Å². The molecular weight excluding hydrogens is 492 g/mol. The molecule has 4 aliphatic carbocycles. The van der Waals surface area contributed by atoms with Gasteiger partial charge in [0.1, 0.15) is 5.25 Å². The molecule has 4 fully saturated rings. The number of hydrogen-bond donors (Lipinski definition) is 1. The number of ether oxygens (including phenoxy) is 2. The van der Waals surface area contributed by atoms with Gasteiger partial charge in [0, 0.05) is 23.2 Å². The van der Waals surface area contributed by atoms with Crippen LogP contribution in [0.5, 0.6) is 0 Å². The molecule has 8 atom stereocenters. The predicted octanol–water partition coefficient (Wildman–Crippen LogP) is 3.82. The van der Waals surface area contributed by atoms with E-state index in [1.807, 2.05) is 13.0 Å². The molecule has 0 spiro atoms. The molecular formula is C29H38O7S. The third kappa shape index (κ3) is 4.05. The number of carbonyl (C=O) groups excluding carboxylic acids is 4. The van der Waals surface area contributed by atoms with E-state index in [0.717, 1.165) is 32.1 Å². The van der Waals surface area contributed by atoms with Crippen LogP contribution in [0.4, 0.5) is 0 Å². The van der Waals surface area contributed by atoms with Crippen LogP contribution in [-0.4, -0.2) is 58.4 Å². The van der Waals surface area contributed by atoms with Gasteiger partial charge in [-0.25, -0.2) is 0 Å². The molecule has 5 rings (SSSR count). The average Bonchev–Trinajstić information content (AvgIpc) is 3.36. The lowest BCUT2D eigenvalue weighted by atomic mass is 9.47. The van der Waals surface area contributed by atoms with Crippen LogP contribution in [0, 0.1) is 34.5 Å². The summed E-state index contributed by atoms with van der Waals surface area (Å²) in [4.78, 5) is 51.2. The van der Waals surface area contributed by atoms with Crippen molar-refractivity contribution in [2.45, 2.75) is 76.6 Å². The average molecular weight is 531 g/mol. The number of aliphatic hydroxyl groups excluding tert-OH is 1. The highest BCUT2D eigenvalue weighted by Crippen LogP contribution is 2.69. The van der Waals surface area contributed by atoms with E-state index in [4.69, 9.17) is 9.47 Å². The van der Waals surface area contributed by atoms with E-state index < -0.39 is 17.0 Å². The van der Waals surface area contributed by atoms with Crippen LogP contribution in [0.15, 0.2) is 23.8 Å². The summed E-state index contributed by atoms with van der Waals surface area (Å²) in [5.41, 5.74) is -0.784. The highest BCUT2D eigenvalue weighted by Gasteiger charge is 2.71. The molecule has 7 nitrogen and oxygen atoms in total. The largest absolute Gasteiger partial charge is 0.465 e. The smallest absolute Gasteiger partial charge is 0.319 e. The van der Waals surface area contributed by atoms with Crippen molar-refractivity contribution < 1.29 is 33.8 Å². The molecule has 1 unspecified atom stereocenters. The van der Waals surface area contributed by atoms with E-state index in [0.29, 0.717) is 24.9 Å². The minimum absolute atomic E-state index is 0.0603. The van der Waals surface area contributed by atoms with Gasteiger partial charge >= 0.3 is 11.9 Å². The number of thioether (sulfide) groups is 1. The fourth-order valence-electron chi connectivity index (χ4n) is 8.62. The third-order valence-corrected chi connectivity index (χ3v) is 11.7. The number of hydrogen-bond acceptors (Lipinski definition) is 8. The van der Waals surface area contributed by atoms with Gasteiger partial charge in [-0.1, -0.05) is 32.4 Å². The van der Waals surface area contributed by atoms with Gasteiger partial charge < -0.3 is 14.6 Å². The number of allylic oxidation sites excluding steroid dienone is 4. The number of ketones is 2. The molecule has 8 heteroatoms. The predicted molar refractivity (Wildman–Crippen MR) is 139 cm³/mol. The van der Waals surface area contributed by atoms with Gasteiger partial charge in [0.25, 0.3) is 0 Å². The van der Waals surface area contributed by atoms with Crippen LogP contribution in [-0.2, 0) is 28.7 Å². The summed E-state index contributed by atoms with van der Waals surface area (Å²) in [6.07, 6.45) is 10.3. The lowest BCUT2D eigenvalue weighted by Crippen LogP contribution is -2.61. The molecule has 1 saturated heterocycles. The van der Waals surface area contributed by atoms with Gasteiger partial charge in [-0.2, -0.15) is 0 Å². The maximum Gasteiger partial charge on any atom is 0.319 e. The van der Waals surface area contributed by atoms with Crippen molar-refractivity contribution in [3.8, 4) is 0 Å². The van der Waals surface area contributed by atoms with Crippen LogP contribution in [0.1, 0.15) is 65.7 Å². The Bertz CT molecular complexity index is 1060. The van der Waals surface area contributed by atoms with Crippen LogP contribution in [0.3, 0.4) is 0 Å². The Balaban J connectivity index is 1.47. The zero-order valence-corrected chi connectivity index (χ0v) is 22.8. The summed E-state index contributed by atoms with van der Waals surface area (Å²) in [6.45, 7) is 6.44. The summed E-state index contributed by atoms with van der Waals surface area (Å²) >= 11 is 1.29. The van der Waals surface area contributed by atoms with Crippen LogP contribution in [0.2, 0.25) is 0 Å². The minimum Gasteiger partial charge on any atom is -0.465 e. The topological polar surface area (TPSA) is 107 Å². The second-order valence-corrected chi connectivity index (χ2v) is 13.2. The number of aliphatic hydroxyl groups is 1. The summed E-state index contributed by atoms with van der Waals surface area (Å²) in [5, 5.41) is 9.04. The molecule has 0 bridgehead atoms. The van der Waals surface area contributed by atoms with E-state index in [1.165, 1.54) is 17.3 Å². The van der Waals surface area contributed by atoms with Crippen LogP contribution < -0.4 is 0 Å². The van der Waals surface area contributed by atoms with Gasteiger partial charge in [-0.15, -0.1) is 11.8 Å². The highest BCUT2D eigenvalue weighted by atomic mass is 32.2. The molecule has 37 heavy (non-hydrogen) atoms. The maximum atomic E-state index is 14.2. The highest BCUT2D eigenvalue weighted by molar-refractivity contribution is 8.01. The van der Waals surface area contributed by atoms with Gasteiger partial charge in [0.05, 0.1) is 25.4 Å². The fraction of sp³-hybridized carbons (Fsp3) is 0.724. The first-order chi connectivity index (χ1) is 17.6. The summed E-state index contributed by atoms with van der Waals surface area (Å²) in [5.74, 6) is -0.0942. The SMILES string of the molecule is C[C@H]1C[C@H]2[C@@H]3CCC4=CC(=O)C=C[C@]4(C)[C@H]3CC[C@]2(C)[C@@]1(OC(=O)CCO)C(=O)CSC1CCOC1=O. The van der Waals surface area contributed by atoms with Gasteiger partial charge in [-0.3, -0.25) is 19.2 Å². The van der Waals surface area contributed by atoms with Crippen molar-refractivity contribution >= 4 is 35.3 Å². The molecule has 0 aromatic rings. The van der Waals surface area contributed by atoms with Crippen LogP contribution >= 0.6 is 11.8 Å². The Morgan fingerprint density at radius 3 is 2.68 bits per heavy atom. The molecule has 0 amide bonds. The Morgan fingerprint density at radius 2 is 1.97 bits per heavy atom.